The lowest BCUT2D eigenvalue weighted by molar-refractivity contribution is 0.102. The zero-order chi connectivity index (χ0) is 31.6. The summed E-state index contributed by atoms with van der Waals surface area (Å²) in [7, 11) is 4.30. The summed E-state index contributed by atoms with van der Waals surface area (Å²) >= 11 is 0. The second-order valence-corrected chi connectivity index (χ2v) is 11.2. The minimum absolute atomic E-state index is 0.100. The van der Waals surface area contributed by atoms with Crippen LogP contribution in [-0.4, -0.2) is 39.4 Å². The van der Waals surface area contributed by atoms with E-state index in [-0.39, 0.29) is 18.7 Å². The average Bonchev–Trinajstić information content (AvgIpc) is 2.98. The molecule has 4 rings (SSSR count). The molecule has 0 bridgehead atoms. The van der Waals surface area contributed by atoms with Crippen molar-refractivity contribution in [2.45, 2.75) is 39.8 Å². The van der Waals surface area contributed by atoms with Crippen molar-refractivity contribution in [1.29, 1.82) is 0 Å². The lowest BCUT2D eigenvalue weighted by Crippen LogP contribution is -2.42. The van der Waals surface area contributed by atoms with Gasteiger partial charge in [-0.25, -0.2) is 9.18 Å². The van der Waals surface area contributed by atoms with E-state index in [9.17, 15) is 19.5 Å². The molecule has 10 heteroatoms. The number of aryl methyl sites for hydroxylation is 1. The maximum absolute atomic E-state index is 15.4. The first kappa shape index (κ1) is 31.4. The molecule has 1 aromatic heterocycles. The van der Waals surface area contributed by atoms with Crippen molar-refractivity contribution in [2.75, 3.05) is 19.0 Å². The highest BCUT2D eigenvalue weighted by molar-refractivity contribution is 6.04. The number of benzene rings is 3. The lowest BCUT2D eigenvalue weighted by Gasteiger charge is -2.24. The Morgan fingerprint density at radius 3 is 2.28 bits per heavy atom. The number of aliphatic hydroxyl groups excluding tert-OH is 1. The number of hydrogen-bond acceptors (Lipinski definition) is 6. The zero-order valence-electron chi connectivity index (χ0n) is 25.5. The largest absolute Gasteiger partial charge is 0.496 e. The van der Waals surface area contributed by atoms with Crippen LogP contribution in [0.4, 0.5) is 10.1 Å². The number of anilines is 1. The minimum Gasteiger partial charge on any atom is -0.496 e. The quantitative estimate of drug-likeness (QED) is 0.269. The van der Waals surface area contributed by atoms with Gasteiger partial charge < -0.3 is 25.0 Å². The standard InChI is InChI=1S/C33H37FN4O5/c1-19-22(21-14-27(34)25(29(15-21)43-7)16-35-33(3,4)18-39)10-8-11-23(19)24-12-9-13-28(20(24)2)36-30(40)26-17-37(5)32(42)38(6)31(26)41/h8-15,17,35,39H,16,18H2,1-7H3,(H,36,40). The van der Waals surface area contributed by atoms with Crippen molar-refractivity contribution >= 4 is 11.6 Å². The van der Waals surface area contributed by atoms with Crippen molar-refractivity contribution in [2.24, 2.45) is 14.1 Å². The van der Waals surface area contributed by atoms with Crippen LogP contribution in [0.3, 0.4) is 0 Å². The molecule has 0 unspecified atom stereocenters. The highest BCUT2D eigenvalue weighted by Gasteiger charge is 2.21. The van der Waals surface area contributed by atoms with E-state index in [0.717, 1.165) is 32.4 Å². The molecule has 0 aliphatic heterocycles. The molecular formula is C33H37FN4O5. The highest BCUT2D eigenvalue weighted by Crippen LogP contribution is 2.37. The third-order valence-electron chi connectivity index (χ3n) is 7.72. The minimum atomic E-state index is -0.681. The van der Waals surface area contributed by atoms with Crippen molar-refractivity contribution < 1.29 is 19.0 Å². The number of carbonyl (C=O) groups is 1. The van der Waals surface area contributed by atoms with Gasteiger partial charge in [-0.05, 0) is 79.3 Å². The molecule has 0 spiro atoms. The Labute approximate surface area is 249 Å². The van der Waals surface area contributed by atoms with Crippen LogP contribution in [0, 0.1) is 19.7 Å². The third-order valence-corrected chi connectivity index (χ3v) is 7.72. The second kappa shape index (κ2) is 12.4. The summed E-state index contributed by atoms with van der Waals surface area (Å²) in [4.78, 5) is 37.7. The number of aromatic nitrogens is 2. The first-order chi connectivity index (χ1) is 20.3. The fourth-order valence-corrected chi connectivity index (χ4v) is 4.96. The van der Waals surface area contributed by atoms with E-state index < -0.39 is 28.5 Å². The van der Waals surface area contributed by atoms with Gasteiger partial charge in [0.25, 0.3) is 11.5 Å². The maximum Gasteiger partial charge on any atom is 0.330 e. The van der Waals surface area contributed by atoms with E-state index in [1.54, 1.807) is 18.2 Å². The molecule has 0 radical (unpaired) electrons. The molecule has 4 aromatic rings. The number of rotatable bonds is 9. The van der Waals surface area contributed by atoms with Gasteiger partial charge >= 0.3 is 5.69 Å². The Balaban J connectivity index is 1.71. The molecular weight excluding hydrogens is 551 g/mol. The van der Waals surface area contributed by atoms with Crippen LogP contribution in [0.15, 0.2) is 64.3 Å². The molecule has 9 nitrogen and oxygen atoms in total. The van der Waals surface area contributed by atoms with E-state index >= 15 is 4.39 Å². The molecule has 3 aromatic carbocycles. The van der Waals surface area contributed by atoms with E-state index in [0.29, 0.717) is 22.6 Å². The first-order valence-corrected chi connectivity index (χ1v) is 13.8. The van der Waals surface area contributed by atoms with E-state index in [2.05, 4.69) is 10.6 Å². The number of ether oxygens (including phenoxy) is 1. The van der Waals surface area contributed by atoms with Crippen LogP contribution in [0.25, 0.3) is 22.3 Å². The summed E-state index contributed by atoms with van der Waals surface area (Å²) in [6.45, 7) is 7.56. The Morgan fingerprint density at radius 1 is 1.00 bits per heavy atom. The number of amides is 1. The summed E-state index contributed by atoms with van der Waals surface area (Å²) in [5, 5.41) is 15.5. The van der Waals surface area contributed by atoms with Crippen LogP contribution >= 0.6 is 0 Å². The SMILES string of the molecule is COc1cc(-c2cccc(-c3cccc(NC(=O)c4cn(C)c(=O)n(C)c4=O)c3C)c2C)cc(F)c1CNC(C)(C)CO. The third kappa shape index (κ3) is 6.30. The van der Waals surface area contributed by atoms with Gasteiger partial charge in [0, 0.05) is 43.6 Å². The fourth-order valence-electron chi connectivity index (χ4n) is 4.96. The van der Waals surface area contributed by atoms with Crippen LogP contribution in [0.1, 0.15) is 40.9 Å². The molecule has 0 saturated carbocycles. The molecule has 0 atom stereocenters. The smallest absolute Gasteiger partial charge is 0.330 e. The van der Waals surface area contributed by atoms with Gasteiger partial charge in [0.15, 0.2) is 0 Å². The Bertz CT molecular complexity index is 1820. The van der Waals surface area contributed by atoms with Gasteiger partial charge in [0.05, 0.1) is 13.7 Å². The van der Waals surface area contributed by atoms with Gasteiger partial charge in [-0.3, -0.25) is 14.2 Å². The normalized spacial score (nSPS) is 11.5. The summed E-state index contributed by atoms with van der Waals surface area (Å²) in [5.74, 6) is -0.654. The molecule has 1 amide bonds. The molecule has 0 fully saturated rings. The Kier molecular flexibility index (Phi) is 9.03. The number of halogens is 1. The fraction of sp³-hybridized carbons (Fsp3) is 0.303. The van der Waals surface area contributed by atoms with E-state index in [1.807, 2.05) is 52.0 Å². The molecule has 0 saturated heterocycles. The summed E-state index contributed by atoms with van der Waals surface area (Å²) in [6, 6.07) is 14.5. The molecule has 226 valence electrons. The van der Waals surface area contributed by atoms with Crippen molar-refractivity contribution in [3.8, 4) is 28.0 Å². The van der Waals surface area contributed by atoms with Crippen LogP contribution in [-0.2, 0) is 20.6 Å². The number of aliphatic hydroxyl groups is 1. The predicted molar refractivity (Wildman–Crippen MR) is 166 cm³/mol. The van der Waals surface area contributed by atoms with Gasteiger partial charge in [0.1, 0.15) is 17.1 Å². The van der Waals surface area contributed by atoms with Gasteiger partial charge in [-0.2, -0.15) is 0 Å². The number of nitrogens with zero attached hydrogens (tertiary/aromatic N) is 2. The predicted octanol–water partition coefficient (Wildman–Crippen LogP) is 4.30. The Morgan fingerprint density at radius 2 is 1.63 bits per heavy atom. The topological polar surface area (TPSA) is 115 Å². The van der Waals surface area contributed by atoms with Gasteiger partial charge in [-0.15, -0.1) is 0 Å². The maximum atomic E-state index is 15.4. The molecule has 0 aliphatic rings. The Hall–Kier alpha value is -4.54. The van der Waals surface area contributed by atoms with E-state index in [4.69, 9.17) is 4.74 Å². The van der Waals surface area contributed by atoms with Crippen molar-refractivity contribution in [1.82, 2.24) is 14.5 Å². The summed E-state index contributed by atoms with van der Waals surface area (Å²) < 4.78 is 23.1. The zero-order valence-corrected chi connectivity index (χ0v) is 25.5. The average molecular weight is 589 g/mol. The second-order valence-electron chi connectivity index (χ2n) is 11.2. The van der Waals surface area contributed by atoms with Gasteiger partial charge in [0.2, 0.25) is 0 Å². The van der Waals surface area contributed by atoms with Crippen LogP contribution in [0.2, 0.25) is 0 Å². The van der Waals surface area contributed by atoms with E-state index in [1.165, 1.54) is 38.0 Å². The number of nitrogens with one attached hydrogen (secondary N) is 2. The molecule has 1 heterocycles. The molecule has 3 N–H and O–H groups in total. The van der Waals surface area contributed by atoms with Crippen molar-refractivity contribution in [3.63, 3.8) is 0 Å². The monoisotopic (exact) mass is 588 g/mol. The van der Waals surface area contributed by atoms with Crippen LogP contribution in [0.5, 0.6) is 5.75 Å². The highest BCUT2D eigenvalue weighted by atomic mass is 19.1. The van der Waals surface area contributed by atoms with Gasteiger partial charge in [-0.1, -0.05) is 30.3 Å². The number of methoxy groups -OCH3 is 1. The van der Waals surface area contributed by atoms with Crippen molar-refractivity contribution in [3.05, 3.63) is 104 Å². The molecule has 43 heavy (non-hydrogen) atoms. The summed E-state index contributed by atoms with van der Waals surface area (Å²) in [6.07, 6.45) is 1.23. The lowest BCUT2D eigenvalue weighted by atomic mass is 9.90. The first-order valence-electron chi connectivity index (χ1n) is 13.8. The summed E-state index contributed by atoms with van der Waals surface area (Å²) in [5.41, 5.74) is 3.81. The molecule has 0 aliphatic carbocycles. The van der Waals surface area contributed by atoms with Crippen LogP contribution < -0.4 is 26.6 Å². The number of hydrogen-bond donors (Lipinski definition) is 3. The number of carbonyl (C=O) groups excluding carboxylic acids is 1.